The predicted molar refractivity (Wildman–Crippen MR) is 75.0 cm³/mol. The van der Waals surface area contributed by atoms with E-state index < -0.39 is 6.04 Å². The highest BCUT2D eigenvalue weighted by molar-refractivity contribution is 5.95. The number of hydrogen-bond donors (Lipinski definition) is 2. The van der Waals surface area contributed by atoms with Crippen LogP contribution in [0.1, 0.15) is 13.8 Å². The van der Waals surface area contributed by atoms with Gasteiger partial charge in [-0.25, -0.2) is 4.68 Å². The second-order valence-corrected chi connectivity index (χ2v) is 4.76. The molecule has 0 fully saturated rings. The Labute approximate surface area is 112 Å². The van der Waals surface area contributed by atoms with Crippen molar-refractivity contribution in [3.63, 3.8) is 0 Å². The maximum atomic E-state index is 11.9. The molecule has 2 rings (SSSR count). The van der Waals surface area contributed by atoms with Crippen molar-refractivity contribution in [1.82, 2.24) is 9.78 Å². The molecule has 1 aromatic heterocycles. The van der Waals surface area contributed by atoms with Crippen LogP contribution in [0.15, 0.2) is 42.7 Å². The number of nitrogens with two attached hydrogens (primary N) is 1. The summed E-state index contributed by atoms with van der Waals surface area (Å²) in [6.45, 7) is 3.84. The summed E-state index contributed by atoms with van der Waals surface area (Å²) < 4.78 is 1.73. The molecular formula is C14H18N4O. The first-order valence-corrected chi connectivity index (χ1v) is 6.24. The van der Waals surface area contributed by atoms with Gasteiger partial charge in [-0.15, -0.1) is 0 Å². The van der Waals surface area contributed by atoms with Gasteiger partial charge in [0.25, 0.3) is 0 Å². The lowest BCUT2D eigenvalue weighted by molar-refractivity contribution is -0.118. The van der Waals surface area contributed by atoms with Gasteiger partial charge in [0, 0.05) is 18.1 Å². The summed E-state index contributed by atoms with van der Waals surface area (Å²) in [5.74, 6) is -0.0677. The lowest BCUT2D eigenvalue weighted by Crippen LogP contribution is -2.39. The van der Waals surface area contributed by atoms with E-state index in [-0.39, 0.29) is 11.8 Å². The SMILES string of the molecule is CC(C)C(N)C(=O)Nc1cccc(-n2cccn2)c1. The highest BCUT2D eigenvalue weighted by Crippen LogP contribution is 2.14. The summed E-state index contributed by atoms with van der Waals surface area (Å²) in [7, 11) is 0. The van der Waals surface area contributed by atoms with E-state index in [1.54, 1.807) is 10.9 Å². The van der Waals surface area contributed by atoms with Gasteiger partial charge in [0.1, 0.15) is 0 Å². The molecule has 0 saturated heterocycles. The van der Waals surface area contributed by atoms with Crippen LogP contribution >= 0.6 is 0 Å². The Morgan fingerprint density at radius 1 is 1.37 bits per heavy atom. The van der Waals surface area contributed by atoms with Crippen LogP contribution in [0.3, 0.4) is 0 Å². The molecule has 19 heavy (non-hydrogen) atoms. The monoisotopic (exact) mass is 258 g/mol. The van der Waals surface area contributed by atoms with E-state index in [1.165, 1.54) is 0 Å². The van der Waals surface area contributed by atoms with Gasteiger partial charge >= 0.3 is 0 Å². The van der Waals surface area contributed by atoms with E-state index in [2.05, 4.69) is 10.4 Å². The topological polar surface area (TPSA) is 72.9 Å². The van der Waals surface area contributed by atoms with Crippen molar-refractivity contribution in [3.8, 4) is 5.69 Å². The Morgan fingerprint density at radius 2 is 2.16 bits per heavy atom. The van der Waals surface area contributed by atoms with Crippen molar-refractivity contribution in [1.29, 1.82) is 0 Å². The summed E-state index contributed by atoms with van der Waals surface area (Å²) in [5, 5.41) is 6.97. The third-order valence-corrected chi connectivity index (χ3v) is 2.90. The van der Waals surface area contributed by atoms with Crippen molar-refractivity contribution in [3.05, 3.63) is 42.7 Å². The molecule has 0 aliphatic heterocycles. The Morgan fingerprint density at radius 3 is 2.79 bits per heavy atom. The molecule has 1 amide bonds. The third kappa shape index (κ3) is 3.20. The molecular weight excluding hydrogens is 240 g/mol. The zero-order valence-corrected chi connectivity index (χ0v) is 11.1. The second kappa shape index (κ2) is 5.67. The number of benzene rings is 1. The second-order valence-electron chi connectivity index (χ2n) is 4.76. The molecule has 0 aliphatic rings. The standard InChI is InChI=1S/C14H18N4O/c1-10(2)13(15)14(19)17-11-5-3-6-12(9-11)18-8-4-7-16-18/h3-10,13H,15H2,1-2H3,(H,17,19). The summed E-state index contributed by atoms with van der Waals surface area (Å²) in [4.78, 5) is 11.9. The molecule has 5 heteroatoms. The van der Waals surface area contributed by atoms with Crippen LogP contribution in [0.4, 0.5) is 5.69 Å². The number of hydrogen-bond acceptors (Lipinski definition) is 3. The fourth-order valence-corrected chi connectivity index (χ4v) is 1.68. The number of rotatable bonds is 4. The van der Waals surface area contributed by atoms with Crippen LogP contribution in [-0.4, -0.2) is 21.7 Å². The number of carbonyl (C=O) groups excluding carboxylic acids is 1. The van der Waals surface area contributed by atoms with Gasteiger partial charge in [-0.1, -0.05) is 19.9 Å². The van der Waals surface area contributed by atoms with Crippen molar-refractivity contribution < 1.29 is 4.79 Å². The summed E-state index contributed by atoms with van der Waals surface area (Å²) in [6.07, 6.45) is 3.56. The Hall–Kier alpha value is -2.14. The fraction of sp³-hybridized carbons (Fsp3) is 0.286. The molecule has 0 radical (unpaired) electrons. The Kier molecular flexibility index (Phi) is 3.97. The van der Waals surface area contributed by atoms with E-state index in [1.807, 2.05) is 50.4 Å². The first-order chi connectivity index (χ1) is 9.08. The zero-order chi connectivity index (χ0) is 13.8. The van der Waals surface area contributed by atoms with Gasteiger partial charge in [-0.2, -0.15) is 5.10 Å². The summed E-state index contributed by atoms with van der Waals surface area (Å²) in [6, 6.07) is 8.82. The molecule has 2 aromatic rings. The minimum atomic E-state index is -0.506. The van der Waals surface area contributed by atoms with Crippen molar-refractivity contribution in [2.45, 2.75) is 19.9 Å². The van der Waals surface area contributed by atoms with Crippen LogP contribution in [0.25, 0.3) is 5.69 Å². The van der Waals surface area contributed by atoms with Gasteiger partial charge in [-0.3, -0.25) is 4.79 Å². The maximum absolute atomic E-state index is 11.9. The molecule has 0 aliphatic carbocycles. The van der Waals surface area contributed by atoms with E-state index in [9.17, 15) is 4.79 Å². The number of anilines is 1. The van der Waals surface area contributed by atoms with Gasteiger partial charge in [0.05, 0.1) is 11.7 Å². The van der Waals surface area contributed by atoms with E-state index in [4.69, 9.17) is 5.73 Å². The average Bonchev–Trinajstić information content (AvgIpc) is 2.91. The number of aromatic nitrogens is 2. The Balaban J connectivity index is 2.14. The smallest absolute Gasteiger partial charge is 0.241 e. The zero-order valence-electron chi connectivity index (χ0n) is 11.1. The van der Waals surface area contributed by atoms with Gasteiger partial charge in [0.2, 0.25) is 5.91 Å². The lowest BCUT2D eigenvalue weighted by atomic mass is 10.0. The molecule has 0 bridgehead atoms. The molecule has 1 heterocycles. The highest BCUT2D eigenvalue weighted by atomic mass is 16.2. The normalized spacial score (nSPS) is 12.4. The maximum Gasteiger partial charge on any atom is 0.241 e. The van der Waals surface area contributed by atoms with Crippen molar-refractivity contribution >= 4 is 11.6 Å². The fourth-order valence-electron chi connectivity index (χ4n) is 1.68. The minimum Gasteiger partial charge on any atom is -0.325 e. The largest absolute Gasteiger partial charge is 0.325 e. The molecule has 3 N–H and O–H groups in total. The molecule has 0 saturated carbocycles. The predicted octanol–water partition coefficient (Wildman–Crippen LogP) is 1.79. The summed E-state index contributed by atoms with van der Waals surface area (Å²) >= 11 is 0. The quantitative estimate of drug-likeness (QED) is 0.878. The number of nitrogens with zero attached hydrogens (tertiary/aromatic N) is 2. The molecule has 0 spiro atoms. The first kappa shape index (κ1) is 13.3. The Bertz CT molecular complexity index is 548. The van der Waals surface area contributed by atoms with E-state index in [0.29, 0.717) is 5.69 Å². The highest BCUT2D eigenvalue weighted by Gasteiger charge is 2.17. The lowest BCUT2D eigenvalue weighted by Gasteiger charge is -2.15. The average molecular weight is 258 g/mol. The van der Waals surface area contributed by atoms with Gasteiger partial charge in [-0.05, 0) is 30.2 Å². The summed E-state index contributed by atoms with van der Waals surface area (Å²) in [5.41, 5.74) is 7.42. The molecule has 5 nitrogen and oxygen atoms in total. The number of carbonyl (C=O) groups is 1. The molecule has 1 atom stereocenters. The van der Waals surface area contributed by atoms with E-state index in [0.717, 1.165) is 5.69 Å². The van der Waals surface area contributed by atoms with Crippen molar-refractivity contribution in [2.24, 2.45) is 11.7 Å². The van der Waals surface area contributed by atoms with Crippen LogP contribution in [0.2, 0.25) is 0 Å². The minimum absolute atomic E-state index is 0.106. The van der Waals surface area contributed by atoms with Crippen molar-refractivity contribution in [2.75, 3.05) is 5.32 Å². The molecule has 1 unspecified atom stereocenters. The number of nitrogens with one attached hydrogen (secondary N) is 1. The van der Waals surface area contributed by atoms with Crippen LogP contribution < -0.4 is 11.1 Å². The molecule has 100 valence electrons. The number of amides is 1. The first-order valence-electron chi connectivity index (χ1n) is 6.24. The van der Waals surface area contributed by atoms with Crippen LogP contribution in [0.5, 0.6) is 0 Å². The van der Waals surface area contributed by atoms with E-state index >= 15 is 0 Å². The molecule has 1 aromatic carbocycles. The van der Waals surface area contributed by atoms with Crippen LogP contribution in [-0.2, 0) is 4.79 Å². The van der Waals surface area contributed by atoms with Crippen LogP contribution in [0, 0.1) is 5.92 Å². The third-order valence-electron chi connectivity index (χ3n) is 2.90. The van der Waals surface area contributed by atoms with Gasteiger partial charge in [0.15, 0.2) is 0 Å². The van der Waals surface area contributed by atoms with Gasteiger partial charge < -0.3 is 11.1 Å².